The van der Waals surface area contributed by atoms with Crippen molar-refractivity contribution in [3.8, 4) is 5.75 Å². The number of likely N-dealkylation sites (N-methyl/N-ethyl adjacent to an activating group) is 1. The molecule has 16 heavy (non-hydrogen) atoms. The number of hydrogen-bond donors (Lipinski definition) is 2. The Balaban J connectivity index is 2.46. The maximum atomic E-state index is 6.07. The van der Waals surface area contributed by atoms with Gasteiger partial charge < -0.3 is 15.4 Å². The van der Waals surface area contributed by atoms with Crippen LogP contribution < -0.4 is 15.4 Å². The van der Waals surface area contributed by atoms with Crippen molar-refractivity contribution >= 4 is 17.3 Å². The van der Waals surface area contributed by atoms with Gasteiger partial charge >= 0.3 is 0 Å². The van der Waals surface area contributed by atoms with E-state index in [9.17, 15) is 0 Å². The fourth-order valence-electron chi connectivity index (χ4n) is 1.36. The molecule has 0 radical (unpaired) electrons. The van der Waals surface area contributed by atoms with E-state index < -0.39 is 0 Å². The van der Waals surface area contributed by atoms with E-state index in [2.05, 4.69) is 17.6 Å². The van der Waals surface area contributed by atoms with E-state index in [1.807, 2.05) is 25.1 Å². The lowest BCUT2D eigenvalue weighted by atomic mass is 10.3. The molecule has 0 aromatic heterocycles. The molecule has 0 unspecified atom stereocenters. The summed E-state index contributed by atoms with van der Waals surface area (Å²) in [5, 5.41) is 7.18. The van der Waals surface area contributed by atoms with Crippen LogP contribution in [0.2, 0.25) is 5.02 Å². The van der Waals surface area contributed by atoms with Crippen molar-refractivity contribution in [2.24, 2.45) is 0 Å². The van der Waals surface area contributed by atoms with E-state index >= 15 is 0 Å². The summed E-state index contributed by atoms with van der Waals surface area (Å²) in [6.07, 6.45) is 0. The van der Waals surface area contributed by atoms with Gasteiger partial charge in [-0.2, -0.15) is 0 Å². The topological polar surface area (TPSA) is 33.3 Å². The first-order valence-corrected chi connectivity index (χ1v) is 6.02. The minimum absolute atomic E-state index is 0.632. The van der Waals surface area contributed by atoms with E-state index in [1.165, 1.54) is 0 Å². The lowest BCUT2D eigenvalue weighted by Crippen LogP contribution is -2.21. The zero-order valence-corrected chi connectivity index (χ0v) is 10.6. The Morgan fingerprint density at radius 3 is 2.69 bits per heavy atom. The maximum Gasteiger partial charge on any atom is 0.138 e. The third-order valence-corrected chi connectivity index (χ3v) is 2.41. The molecule has 90 valence electrons. The minimum Gasteiger partial charge on any atom is -0.492 e. The van der Waals surface area contributed by atoms with Gasteiger partial charge in [-0.05, 0) is 31.7 Å². The van der Waals surface area contributed by atoms with Gasteiger partial charge in [0.15, 0.2) is 0 Å². The first kappa shape index (κ1) is 13.1. The molecule has 1 rings (SSSR count). The van der Waals surface area contributed by atoms with Crippen LogP contribution in [0.5, 0.6) is 5.75 Å². The Hall–Kier alpha value is -0.930. The van der Waals surface area contributed by atoms with Gasteiger partial charge in [0, 0.05) is 18.8 Å². The molecule has 4 heteroatoms. The Kier molecular flexibility index (Phi) is 6.04. The van der Waals surface area contributed by atoms with E-state index in [0.717, 1.165) is 31.1 Å². The van der Waals surface area contributed by atoms with Crippen molar-refractivity contribution in [2.45, 2.75) is 13.8 Å². The second kappa shape index (κ2) is 7.36. The quantitative estimate of drug-likeness (QED) is 0.722. The summed E-state index contributed by atoms with van der Waals surface area (Å²) in [7, 11) is 0. The summed E-state index contributed by atoms with van der Waals surface area (Å²) in [4.78, 5) is 0. The standard InChI is InChI=1S/C12H19ClN2O/c1-3-14-7-8-15-10-5-6-12(16-4-2)11(13)9-10/h5-6,9,14-15H,3-4,7-8H2,1-2H3. The van der Waals surface area contributed by atoms with Crippen molar-refractivity contribution in [2.75, 3.05) is 31.6 Å². The molecule has 0 saturated carbocycles. The first-order chi connectivity index (χ1) is 7.77. The normalized spacial score (nSPS) is 10.2. The predicted octanol–water partition coefficient (Wildman–Crippen LogP) is 2.76. The molecule has 0 fully saturated rings. The fourth-order valence-corrected chi connectivity index (χ4v) is 1.59. The Morgan fingerprint density at radius 1 is 1.25 bits per heavy atom. The van der Waals surface area contributed by atoms with Gasteiger partial charge in [0.05, 0.1) is 11.6 Å². The smallest absolute Gasteiger partial charge is 0.138 e. The number of ether oxygens (including phenoxy) is 1. The van der Waals surface area contributed by atoms with Gasteiger partial charge in [0.1, 0.15) is 5.75 Å². The lowest BCUT2D eigenvalue weighted by Gasteiger charge is -2.10. The molecule has 0 heterocycles. The molecule has 3 nitrogen and oxygen atoms in total. The molecule has 1 aromatic rings. The molecular formula is C12H19ClN2O. The highest BCUT2D eigenvalue weighted by Gasteiger charge is 2.01. The monoisotopic (exact) mass is 242 g/mol. The summed E-state index contributed by atoms with van der Waals surface area (Å²) in [5.41, 5.74) is 1.02. The van der Waals surface area contributed by atoms with Gasteiger partial charge in [-0.3, -0.25) is 0 Å². The number of halogens is 1. The van der Waals surface area contributed by atoms with Gasteiger partial charge in [-0.25, -0.2) is 0 Å². The summed E-state index contributed by atoms with van der Waals surface area (Å²) >= 11 is 6.07. The van der Waals surface area contributed by atoms with Crippen molar-refractivity contribution in [3.63, 3.8) is 0 Å². The Labute approximate surface area is 102 Å². The fraction of sp³-hybridized carbons (Fsp3) is 0.500. The molecule has 0 aliphatic heterocycles. The molecule has 0 aliphatic rings. The van der Waals surface area contributed by atoms with Crippen LogP contribution in [0, 0.1) is 0 Å². The van der Waals surface area contributed by atoms with Crippen LogP contribution in [0.4, 0.5) is 5.69 Å². The molecular weight excluding hydrogens is 224 g/mol. The van der Waals surface area contributed by atoms with Crippen molar-refractivity contribution in [1.29, 1.82) is 0 Å². The van der Waals surface area contributed by atoms with Crippen molar-refractivity contribution < 1.29 is 4.74 Å². The highest BCUT2D eigenvalue weighted by atomic mass is 35.5. The van der Waals surface area contributed by atoms with Crippen molar-refractivity contribution in [1.82, 2.24) is 5.32 Å². The number of benzene rings is 1. The second-order valence-corrected chi connectivity index (χ2v) is 3.77. The van der Waals surface area contributed by atoms with Crippen LogP contribution in [-0.2, 0) is 0 Å². The largest absolute Gasteiger partial charge is 0.492 e. The summed E-state index contributed by atoms with van der Waals surface area (Å²) in [6, 6.07) is 5.75. The van der Waals surface area contributed by atoms with Crippen LogP contribution in [0.1, 0.15) is 13.8 Å². The van der Waals surface area contributed by atoms with E-state index in [0.29, 0.717) is 11.6 Å². The average Bonchev–Trinajstić information content (AvgIpc) is 2.28. The Morgan fingerprint density at radius 2 is 2.06 bits per heavy atom. The van der Waals surface area contributed by atoms with Crippen LogP contribution in [0.3, 0.4) is 0 Å². The highest BCUT2D eigenvalue weighted by molar-refractivity contribution is 6.32. The average molecular weight is 243 g/mol. The van der Waals surface area contributed by atoms with Crippen LogP contribution >= 0.6 is 11.6 Å². The lowest BCUT2D eigenvalue weighted by molar-refractivity contribution is 0.340. The molecule has 2 N–H and O–H groups in total. The third kappa shape index (κ3) is 4.29. The van der Waals surface area contributed by atoms with E-state index in [1.54, 1.807) is 0 Å². The zero-order valence-electron chi connectivity index (χ0n) is 9.85. The number of hydrogen-bond acceptors (Lipinski definition) is 3. The van der Waals surface area contributed by atoms with Crippen molar-refractivity contribution in [3.05, 3.63) is 23.2 Å². The molecule has 0 bridgehead atoms. The third-order valence-electron chi connectivity index (χ3n) is 2.11. The second-order valence-electron chi connectivity index (χ2n) is 3.36. The van der Waals surface area contributed by atoms with Crippen LogP contribution in [0.15, 0.2) is 18.2 Å². The first-order valence-electron chi connectivity index (χ1n) is 5.64. The summed E-state index contributed by atoms with van der Waals surface area (Å²) in [5.74, 6) is 0.737. The van der Waals surface area contributed by atoms with E-state index in [4.69, 9.17) is 16.3 Å². The SMILES string of the molecule is CCNCCNc1ccc(OCC)c(Cl)c1. The summed E-state index contributed by atoms with van der Waals surface area (Å²) in [6.45, 7) is 7.49. The number of rotatable bonds is 7. The summed E-state index contributed by atoms with van der Waals surface area (Å²) < 4.78 is 5.36. The molecule has 1 aromatic carbocycles. The maximum absolute atomic E-state index is 6.07. The molecule has 0 saturated heterocycles. The zero-order chi connectivity index (χ0) is 11.8. The predicted molar refractivity (Wildman–Crippen MR) is 69.7 cm³/mol. The van der Waals surface area contributed by atoms with Gasteiger partial charge in [-0.15, -0.1) is 0 Å². The minimum atomic E-state index is 0.632. The Bertz CT molecular complexity index is 318. The molecule has 0 aliphatic carbocycles. The molecule has 0 atom stereocenters. The van der Waals surface area contributed by atoms with Gasteiger partial charge in [0.2, 0.25) is 0 Å². The number of nitrogens with one attached hydrogen (secondary N) is 2. The molecule has 0 amide bonds. The van der Waals surface area contributed by atoms with Crippen LogP contribution in [0.25, 0.3) is 0 Å². The highest BCUT2D eigenvalue weighted by Crippen LogP contribution is 2.27. The molecule has 0 spiro atoms. The van der Waals surface area contributed by atoms with Crippen LogP contribution in [-0.4, -0.2) is 26.2 Å². The van der Waals surface area contributed by atoms with E-state index in [-0.39, 0.29) is 0 Å². The van der Waals surface area contributed by atoms with Gasteiger partial charge in [-0.1, -0.05) is 18.5 Å². The van der Waals surface area contributed by atoms with Gasteiger partial charge in [0.25, 0.3) is 0 Å². The number of anilines is 1.